The number of hydrogen-bond donors (Lipinski definition) is 1. The molecule has 3 aromatic carbocycles. The van der Waals surface area contributed by atoms with Crippen LogP contribution in [0.3, 0.4) is 0 Å². The summed E-state index contributed by atoms with van der Waals surface area (Å²) in [6.07, 6.45) is 3.11. The van der Waals surface area contributed by atoms with Crippen molar-refractivity contribution in [3.8, 4) is 0 Å². The molecular formula is C27H29NO4. The number of unbranched alkanes of at least 4 members (excludes halogenated alkanes) is 1. The average molecular weight is 432 g/mol. The molecule has 5 heteroatoms. The summed E-state index contributed by atoms with van der Waals surface area (Å²) in [5, 5.41) is 3.55. The molecule has 0 spiro atoms. The van der Waals surface area contributed by atoms with Crippen molar-refractivity contribution in [2.75, 3.05) is 12.4 Å². The first kappa shape index (κ1) is 23.1. The Morgan fingerprint density at radius 2 is 1.47 bits per heavy atom. The van der Waals surface area contributed by atoms with Gasteiger partial charge in [-0.3, -0.25) is 0 Å². The van der Waals surface area contributed by atoms with E-state index in [0.29, 0.717) is 11.1 Å². The highest BCUT2D eigenvalue weighted by Crippen LogP contribution is 2.25. The second-order valence-electron chi connectivity index (χ2n) is 7.59. The van der Waals surface area contributed by atoms with Crippen LogP contribution in [0.2, 0.25) is 0 Å². The molecule has 0 fully saturated rings. The Balaban J connectivity index is 1.64. The lowest BCUT2D eigenvalue weighted by Crippen LogP contribution is -2.12. The Morgan fingerprint density at radius 3 is 2.09 bits per heavy atom. The second-order valence-corrected chi connectivity index (χ2v) is 7.59. The zero-order chi connectivity index (χ0) is 22.8. The van der Waals surface area contributed by atoms with E-state index in [1.54, 1.807) is 24.3 Å². The van der Waals surface area contributed by atoms with Gasteiger partial charge in [-0.25, -0.2) is 9.59 Å². The maximum Gasteiger partial charge on any atom is 0.338 e. The lowest BCUT2D eigenvalue weighted by molar-refractivity contribution is 0.0472. The van der Waals surface area contributed by atoms with Crippen molar-refractivity contribution in [1.82, 2.24) is 0 Å². The molecule has 5 nitrogen and oxygen atoms in total. The van der Waals surface area contributed by atoms with Gasteiger partial charge in [0.05, 0.1) is 24.3 Å². The third kappa shape index (κ3) is 6.45. The van der Waals surface area contributed by atoms with E-state index in [-0.39, 0.29) is 24.6 Å². The second kappa shape index (κ2) is 11.7. The quantitative estimate of drug-likeness (QED) is 0.389. The van der Waals surface area contributed by atoms with Gasteiger partial charge < -0.3 is 14.8 Å². The third-order valence-electron chi connectivity index (χ3n) is 5.25. The van der Waals surface area contributed by atoms with Crippen LogP contribution < -0.4 is 5.32 Å². The molecule has 0 aromatic heterocycles. The van der Waals surface area contributed by atoms with Gasteiger partial charge in [0.1, 0.15) is 6.61 Å². The number of rotatable bonds is 10. The lowest BCUT2D eigenvalue weighted by Gasteiger charge is -2.21. The van der Waals surface area contributed by atoms with E-state index in [9.17, 15) is 9.59 Å². The molecule has 0 bridgehead atoms. The van der Waals surface area contributed by atoms with Crippen molar-refractivity contribution in [2.45, 2.75) is 38.8 Å². The normalized spacial score (nSPS) is 11.4. The largest absolute Gasteiger partial charge is 0.465 e. The minimum absolute atomic E-state index is 0.0949. The van der Waals surface area contributed by atoms with Crippen molar-refractivity contribution in [1.29, 1.82) is 0 Å². The smallest absolute Gasteiger partial charge is 0.338 e. The monoisotopic (exact) mass is 431 g/mol. The Kier molecular flexibility index (Phi) is 8.44. The van der Waals surface area contributed by atoms with E-state index >= 15 is 0 Å². The van der Waals surface area contributed by atoms with Crippen molar-refractivity contribution >= 4 is 17.6 Å². The fourth-order valence-corrected chi connectivity index (χ4v) is 3.41. The molecule has 0 aliphatic carbocycles. The van der Waals surface area contributed by atoms with E-state index < -0.39 is 0 Å². The Morgan fingerprint density at radius 1 is 0.844 bits per heavy atom. The molecule has 3 rings (SSSR count). The summed E-state index contributed by atoms with van der Waals surface area (Å²) < 4.78 is 10.2. The molecule has 1 atom stereocenters. The van der Waals surface area contributed by atoms with E-state index in [1.165, 1.54) is 7.11 Å². The van der Waals surface area contributed by atoms with Crippen LogP contribution in [0.25, 0.3) is 0 Å². The number of carbonyl (C=O) groups excluding carboxylic acids is 2. The summed E-state index contributed by atoms with van der Waals surface area (Å²) in [4.78, 5) is 24.0. The van der Waals surface area contributed by atoms with E-state index in [1.807, 2.05) is 54.6 Å². The molecule has 0 aliphatic rings. The predicted octanol–water partition coefficient (Wildman–Crippen LogP) is 6.17. The van der Waals surface area contributed by atoms with Gasteiger partial charge in [-0.05, 0) is 53.9 Å². The van der Waals surface area contributed by atoms with Crippen LogP contribution in [0.5, 0.6) is 0 Å². The highest BCUT2D eigenvalue weighted by atomic mass is 16.5. The number of esters is 2. The number of carbonyl (C=O) groups is 2. The van der Waals surface area contributed by atoms with E-state index in [4.69, 9.17) is 9.47 Å². The van der Waals surface area contributed by atoms with Crippen molar-refractivity contribution in [2.24, 2.45) is 0 Å². The molecular weight excluding hydrogens is 402 g/mol. The summed E-state index contributed by atoms with van der Waals surface area (Å²) in [7, 11) is 1.38. The average Bonchev–Trinajstić information content (AvgIpc) is 2.85. The fourth-order valence-electron chi connectivity index (χ4n) is 3.41. The van der Waals surface area contributed by atoms with Gasteiger partial charge in [0.15, 0.2) is 0 Å². The maximum absolute atomic E-state index is 12.3. The fraction of sp³-hybridized carbons (Fsp3) is 0.259. The van der Waals surface area contributed by atoms with Gasteiger partial charge in [0, 0.05) is 5.69 Å². The first-order valence-corrected chi connectivity index (χ1v) is 10.9. The van der Waals surface area contributed by atoms with Crippen molar-refractivity contribution in [3.63, 3.8) is 0 Å². The first-order valence-electron chi connectivity index (χ1n) is 10.9. The van der Waals surface area contributed by atoms with E-state index in [0.717, 1.165) is 36.1 Å². The molecule has 0 saturated heterocycles. The molecule has 0 amide bonds. The van der Waals surface area contributed by atoms with Crippen LogP contribution in [0.4, 0.5) is 5.69 Å². The standard InChI is InChI=1S/C27H29NO4/c1-3-4-10-25(21-11-13-22(14-12-21)26(29)31-2)28-24-17-15-23(16-18-24)27(30)32-19-20-8-6-5-7-9-20/h5-9,11-18,25,28H,3-4,10,19H2,1-2H3. The minimum Gasteiger partial charge on any atom is -0.465 e. The number of nitrogens with one attached hydrogen (secondary N) is 1. The minimum atomic E-state index is -0.346. The van der Waals surface area contributed by atoms with Crippen LogP contribution in [0, 0.1) is 0 Å². The van der Waals surface area contributed by atoms with Gasteiger partial charge in [-0.15, -0.1) is 0 Å². The number of hydrogen-bond acceptors (Lipinski definition) is 5. The number of ether oxygens (including phenoxy) is 2. The SMILES string of the molecule is CCCCC(Nc1ccc(C(=O)OCc2ccccc2)cc1)c1ccc(C(=O)OC)cc1. The molecule has 0 heterocycles. The zero-order valence-electron chi connectivity index (χ0n) is 18.5. The van der Waals surface area contributed by atoms with Crippen molar-refractivity contribution < 1.29 is 19.1 Å². The van der Waals surface area contributed by atoms with Crippen LogP contribution in [0.15, 0.2) is 78.9 Å². The molecule has 1 N–H and O–H groups in total. The van der Waals surface area contributed by atoms with Crippen LogP contribution >= 0.6 is 0 Å². The molecule has 32 heavy (non-hydrogen) atoms. The Labute approximate surface area is 189 Å². The third-order valence-corrected chi connectivity index (χ3v) is 5.25. The summed E-state index contributed by atoms with van der Waals surface area (Å²) in [5.74, 6) is -0.689. The van der Waals surface area contributed by atoms with Crippen LogP contribution in [-0.4, -0.2) is 19.0 Å². The van der Waals surface area contributed by atoms with Gasteiger partial charge in [0.25, 0.3) is 0 Å². The van der Waals surface area contributed by atoms with Gasteiger partial charge in [0.2, 0.25) is 0 Å². The maximum atomic E-state index is 12.3. The molecule has 3 aromatic rings. The Bertz CT molecular complexity index is 998. The van der Waals surface area contributed by atoms with Gasteiger partial charge >= 0.3 is 11.9 Å². The van der Waals surface area contributed by atoms with Crippen LogP contribution in [-0.2, 0) is 16.1 Å². The van der Waals surface area contributed by atoms with Gasteiger partial charge in [-0.1, -0.05) is 62.2 Å². The van der Waals surface area contributed by atoms with Crippen molar-refractivity contribution in [3.05, 3.63) is 101 Å². The summed E-state index contributed by atoms with van der Waals surface area (Å²) in [6, 6.07) is 24.5. The summed E-state index contributed by atoms with van der Waals surface area (Å²) in [5.41, 5.74) is 4.01. The lowest BCUT2D eigenvalue weighted by atomic mass is 9.99. The number of methoxy groups -OCH3 is 1. The Hall–Kier alpha value is -3.60. The zero-order valence-corrected chi connectivity index (χ0v) is 18.5. The number of benzene rings is 3. The predicted molar refractivity (Wildman–Crippen MR) is 126 cm³/mol. The highest BCUT2D eigenvalue weighted by molar-refractivity contribution is 5.90. The van der Waals surface area contributed by atoms with Crippen LogP contribution in [0.1, 0.15) is 64.1 Å². The molecule has 0 radical (unpaired) electrons. The first-order chi connectivity index (χ1) is 15.6. The molecule has 1 unspecified atom stereocenters. The molecule has 166 valence electrons. The van der Waals surface area contributed by atoms with Gasteiger partial charge in [-0.2, -0.15) is 0 Å². The highest BCUT2D eigenvalue weighted by Gasteiger charge is 2.14. The topological polar surface area (TPSA) is 64.6 Å². The number of anilines is 1. The van der Waals surface area contributed by atoms with E-state index in [2.05, 4.69) is 12.2 Å². The molecule has 0 saturated carbocycles. The summed E-state index contributed by atoms with van der Waals surface area (Å²) in [6.45, 7) is 2.41. The molecule has 0 aliphatic heterocycles. The summed E-state index contributed by atoms with van der Waals surface area (Å²) >= 11 is 0.